The lowest BCUT2D eigenvalue weighted by molar-refractivity contribution is 0.410. The van der Waals surface area contributed by atoms with Crippen LogP contribution in [0.4, 0.5) is 0 Å². The highest BCUT2D eigenvalue weighted by Gasteiger charge is 2.13. The Morgan fingerprint density at radius 2 is 2.00 bits per heavy atom. The molecule has 1 rings (SSSR count). The van der Waals surface area contributed by atoms with E-state index in [0.717, 1.165) is 16.9 Å². The Labute approximate surface area is 97.5 Å². The summed E-state index contributed by atoms with van der Waals surface area (Å²) in [6, 6.07) is 6.13. The van der Waals surface area contributed by atoms with Crippen molar-refractivity contribution in [3.8, 4) is 5.75 Å². The van der Waals surface area contributed by atoms with E-state index >= 15 is 0 Å². The molecule has 0 radical (unpaired) electrons. The molecule has 0 unspecified atom stereocenters. The minimum atomic E-state index is 0.318. The van der Waals surface area contributed by atoms with Gasteiger partial charge in [-0.3, -0.25) is 5.41 Å². The fourth-order valence-electron chi connectivity index (χ4n) is 1.43. The first kappa shape index (κ1) is 12.6. The quantitative estimate of drug-likeness (QED) is 0.628. The van der Waals surface area contributed by atoms with Crippen LogP contribution in [0.1, 0.15) is 25.0 Å². The number of hydrogen-bond donors (Lipinski definition) is 1. The molecule has 0 aliphatic rings. The van der Waals surface area contributed by atoms with E-state index < -0.39 is 0 Å². The van der Waals surface area contributed by atoms with Gasteiger partial charge in [0.05, 0.1) is 7.11 Å². The van der Waals surface area contributed by atoms with E-state index in [9.17, 15) is 0 Å². The van der Waals surface area contributed by atoms with Gasteiger partial charge in [-0.25, -0.2) is 0 Å². The third-order valence-corrected chi connectivity index (χ3v) is 2.83. The number of aryl methyl sites for hydroxylation is 1. The second-order valence-electron chi connectivity index (χ2n) is 4.23. The van der Waals surface area contributed by atoms with E-state index in [1.165, 1.54) is 0 Å². The Balaban J connectivity index is 3.07. The molecule has 0 spiro atoms. The maximum atomic E-state index is 8.15. The first-order valence-corrected chi connectivity index (χ1v) is 5.43. The van der Waals surface area contributed by atoms with Crippen molar-refractivity contribution in [1.82, 2.24) is 4.90 Å². The lowest BCUT2D eigenvalue weighted by Crippen LogP contribution is -2.33. The van der Waals surface area contributed by atoms with Crippen LogP contribution in [0.2, 0.25) is 0 Å². The Bertz CT molecular complexity index is 386. The number of nitrogens with one attached hydrogen (secondary N) is 1. The highest BCUT2D eigenvalue weighted by molar-refractivity contribution is 5.98. The first-order chi connectivity index (χ1) is 7.47. The van der Waals surface area contributed by atoms with Gasteiger partial charge in [0.1, 0.15) is 11.6 Å². The van der Waals surface area contributed by atoms with Crippen molar-refractivity contribution in [2.75, 3.05) is 14.2 Å². The van der Waals surface area contributed by atoms with Crippen LogP contribution in [0.25, 0.3) is 0 Å². The Morgan fingerprint density at radius 1 is 1.38 bits per heavy atom. The Hall–Kier alpha value is -1.51. The number of ether oxygens (including phenoxy) is 1. The zero-order valence-corrected chi connectivity index (χ0v) is 10.7. The monoisotopic (exact) mass is 220 g/mol. The number of rotatable bonds is 3. The summed E-state index contributed by atoms with van der Waals surface area (Å²) < 4.78 is 5.19. The third kappa shape index (κ3) is 2.54. The van der Waals surface area contributed by atoms with Crippen molar-refractivity contribution >= 4 is 5.84 Å². The van der Waals surface area contributed by atoms with Crippen molar-refractivity contribution in [2.45, 2.75) is 26.8 Å². The number of benzene rings is 1. The van der Waals surface area contributed by atoms with Crippen molar-refractivity contribution in [3.63, 3.8) is 0 Å². The maximum absolute atomic E-state index is 8.15. The molecule has 16 heavy (non-hydrogen) atoms. The minimum absolute atomic E-state index is 0.318. The van der Waals surface area contributed by atoms with Crippen LogP contribution in [0.5, 0.6) is 5.75 Å². The molecular formula is C13H20N2O. The number of nitrogens with zero attached hydrogens (tertiary/aromatic N) is 1. The molecule has 0 bridgehead atoms. The highest BCUT2D eigenvalue weighted by Crippen LogP contribution is 2.18. The summed E-state index contributed by atoms with van der Waals surface area (Å²) in [5.74, 6) is 1.33. The average molecular weight is 220 g/mol. The fourth-order valence-corrected chi connectivity index (χ4v) is 1.43. The van der Waals surface area contributed by atoms with Crippen LogP contribution >= 0.6 is 0 Å². The van der Waals surface area contributed by atoms with Crippen LogP contribution in [0, 0.1) is 12.3 Å². The normalized spacial score (nSPS) is 10.4. The summed E-state index contributed by atoms with van der Waals surface area (Å²) in [5.41, 5.74) is 2.02. The molecule has 0 saturated heterocycles. The largest absolute Gasteiger partial charge is 0.497 e. The number of amidine groups is 1. The van der Waals surface area contributed by atoms with E-state index in [2.05, 4.69) is 13.8 Å². The molecule has 0 atom stereocenters. The summed E-state index contributed by atoms with van der Waals surface area (Å²) in [4.78, 5) is 1.95. The lowest BCUT2D eigenvalue weighted by Gasteiger charge is -2.25. The van der Waals surface area contributed by atoms with E-state index in [1.807, 2.05) is 37.1 Å². The Kier molecular flexibility index (Phi) is 3.93. The van der Waals surface area contributed by atoms with Crippen molar-refractivity contribution in [3.05, 3.63) is 29.3 Å². The van der Waals surface area contributed by atoms with Crippen LogP contribution in [0.15, 0.2) is 18.2 Å². The lowest BCUT2D eigenvalue weighted by atomic mass is 10.1. The molecule has 1 N–H and O–H groups in total. The zero-order chi connectivity index (χ0) is 12.3. The van der Waals surface area contributed by atoms with Gasteiger partial charge in [-0.1, -0.05) is 6.07 Å². The van der Waals surface area contributed by atoms with Crippen molar-refractivity contribution in [2.24, 2.45) is 0 Å². The molecule has 3 nitrogen and oxygen atoms in total. The summed E-state index contributed by atoms with van der Waals surface area (Å²) in [6.07, 6.45) is 0. The van der Waals surface area contributed by atoms with Gasteiger partial charge < -0.3 is 9.64 Å². The minimum Gasteiger partial charge on any atom is -0.497 e. The highest BCUT2D eigenvalue weighted by atomic mass is 16.5. The molecule has 0 amide bonds. The molecule has 3 heteroatoms. The predicted octanol–water partition coefficient (Wildman–Crippen LogP) is 2.67. The number of methoxy groups -OCH3 is 1. The van der Waals surface area contributed by atoms with E-state index in [1.54, 1.807) is 7.11 Å². The maximum Gasteiger partial charge on any atom is 0.128 e. The van der Waals surface area contributed by atoms with Crippen LogP contribution < -0.4 is 4.74 Å². The van der Waals surface area contributed by atoms with Crippen LogP contribution in [0.3, 0.4) is 0 Å². The standard InChI is InChI=1S/C13H20N2O/c1-9(2)15(4)13(14)12-8-11(16-5)7-6-10(12)3/h6-9,14H,1-5H3. The predicted molar refractivity (Wildman–Crippen MR) is 67.5 cm³/mol. The van der Waals surface area contributed by atoms with Gasteiger partial charge in [-0.15, -0.1) is 0 Å². The molecule has 0 aliphatic heterocycles. The van der Waals surface area contributed by atoms with E-state index in [-0.39, 0.29) is 0 Å². The first-order valence-electron chi connectivity index (χ1n) is 5.43. The molecule has 1 aromatic rings. The molecular weight excluding hydrogens is 200 g/mol. The van der Waals surface area contributed by atoms with Crippen LogP contribution in [-0.4, -0.2) is 30.9 Å². The van der Waals surface area contributed by atoms with E-state index in [0.29, 0.717) is 11.9 Å². The molecule has 0 aliphatic carbocycles. The topological polar surface area (TPSA) is 36.3 Å². The number of hydrogen-bond acceptors (Lipinski definition) is 2. The summed E-state index contributed by atoms with van der Waals surface area (Å²) in [7, 11) is 3.58. The molecule has 88 valence electrons. The Morgan fingerprint density at radius 3 is 2.50 bits per heavy atom. The second kappa shape index (κ2) is 5.01. The van der Waals surface area contributed by atoms with Gasteiger partial charge in [-0.05, 0) is 38.5 Å². The zero-order valence-electron chi connectivity index (χ0n) is 10.7. The summed E-state index contributed by atoms with van der Waals surface area (Å²) in [6.45, 7) is 6.16. The van der Waals surface area contributed by atoms with Gasteiger partial charge >= 0.3 is 0 Å². The van der Waals surface area contributed by atoms with Gasteiger partial charge in [0.2, 0.25) is 0 Å². The summed E-state index contributed by atoms with van der Waals surface area (Å²) in [5, 5.41) is 8.15. The van der Waals surface area contributed by atoms with Gasteiger partial charge in [0, 0.05) is 18.7 Å². The average Bonchev–Trinajstić information content (AvgIpc) is 2.27. The molecule has 0 aromatic heterocycles. The molecule has 1 aromatic carbocycles. The van der Waals surface area contributed by atoms with Gasteiger partial charge in [0.15, 0.2) is 0 Å². The van der Waals surface area contributed by atoms with Gasteiger partial charge in [0.25, 0.3) is 0 Å². The summed E-state index contributed by atoms with van der Waals surface area (Å²) >= 11 is 0. The third-order valence-electron chi connectivity index (χ3n) is 2.83. The van der Waals surface area contributed by atoms with E-state index in [4.69, 9.17) is 10.1 Å². The second-order valence-corrected chi connectivity index (χ2v) is 4.23. The van der Waals surface area contributed by atoms with Crippen LogP contribution in [-0.2, 0) is 0 Å². The van der Waals surface area contributed by atoms with Crippen molar-refractivity contribution in [1.29, 1.82) is 5.41 Å². The SMILES string of the molecule is COc1ccc(C)c(C(=N)N(C)C(C)C)c1. The molecule has 0 saturated carbocycles. The van der Waals surface area contributed by atoms with Crippen molar-refractivity contribution < 1.29 is 4.74 Å². The fraction of sp³-hybridized carbons (Fsp3) is 0.462. The smallest absolute Gasteiger partial charge is 0.128 e. The molecule has 0 fully saturated rings. The van der Waals surface area contributed by atoms with Gasteiger partial charge in [-0.2, -0.15) is 0 Å². The molecule has 0 heterocycles.